The summed E-state index contributed by atoms with van der Waals surface area (Å²) in [5.74, 6) is -0.660. The molecular weight excluding hydrogens is 386 g/mol. The fraction of sp³-hybridized carbons (Fsp3) is 0.389. The number of benzene rings is 1. The summed E-state index contributed by atoms with van der Waals surface area (Å²) in [7, 11) is 0. The fourth-order valence-corrected chi connectivity index (χ4v) is 3.73. The van der Waals surface area contributed by atoms with Crippen LogP contribution in [0.5, 0.6) is 0 Å². The van der Waals surface area contributed by atoms with Crippen LogP contribution in [0.25, 0.3) is 5.69 Å². The van der Waals surface area contributed by atoms with Crippen LogP contribution in [0.15, 0.2) is 41.3 Å². The molecule has 146 valence electrons. The third-order valence-corrected chi connectivity index (χ3v) is 5.53. The van der Waals surface area contributed by atoms with Crippen molar-refractivity contribution in [2.75, 3.05) is 31.1 Å². The van der Waals surface area contributed by atoms with E-state index in [0.717, 1.165) is 0 Å². The van der Waals surface area contributed by atoms with Crippen LogP contribution in [-0.2, 0) is 4.79 Å². The number of para-hydroxylation sites is 1. The van der Waals surface area contributed by atoms with Crippen molar-refractivity contribution in [3.8, 4) is 5.69 Å². The van der Waals surface area contributed by atoms with Crippen molar-refractivity contribution in [2.24, 2.45) is 5.92 Å². The summed E-state index contributed by atoms with van der Waals surface area (Å²) in [5.41, 5.74) is 0.748. The number of amides is 1. The minimum atomic E-state index is -0.741. The van der Waals surface area contributed by atoms with Gasteiger partial charge < -0.3 is 9.80 Å². The molecule has 9 nitrogen and oxygen atoms in total. The molecule has 1 aromatic heterocycles. The number of rotatable bonds is 4. The molecule has 1 aliphatic heterocycles. The lowest BCUT2D eigenvalue weighted by Crippen LogP contribution is -2.50. The van der Waals surface area contributed by atoms with E-state index in [9.17, 15) is 19.7 Å². The third kappa shape index (κ3) is 3.33. The molecule has 0 spiro atoms. The number of carbonyl (C=O) groups excluding carboxylic acids is 1. The van der Waals surface area contributed by atoms with E-state index in [0.29, 0.717) is 44.0 Å². The van der Waals surface area contributed by atoms with Crippen molar-refractivity contribution in [1.82, 2.24) is 14.7 Å². The van der Waals surface area contributed by atoms with Crippen LogP contribution in [-0.4, -0.2) is 57.7 Å². The number of nitrogens with zero attached hydrogens (tertiary/aromatic N) is 5. The van der Waals surface area contributed by atoms with Gasteiger partial charge in [0.2, 0.25) is 11.9 Å². The first kappa shape index (κ1) is 18.4. The molecule has 2 heterocycles. The summed E-state index contributed by atoms with van der Waals surface area (Å²) in [6.45, 7) is 1.82. The van der Waals surface area contributed by atoms with Gasteiger partial charge in [0.15, 0.2) is 0 Å². The molecule has 1 saturated carbocycles. The highest BCUT2D eigenvalue weighted by atomic mass is 35.5. The number of carbonyl (C=O) groups is 1. The maximum atomic E-state index is 12.6. The van der Waals surface area contributed by atoms with Gasteiger partial charge >= 0.3 is 0 Å². The zero-order chi connectivity index (χ0) is 19.8. The van der Waals surface area contributed by atoms with Crippen molar-refractivity contribution in [2.45, 2.75) is 12.5 Å². The highest BCUT2D eigenvalue weighted by Gasteiger charge is 2.54. The highest BCUT2D eigenvalue weighted by molar-refractivity contribution is 6.33. The standard InChI is InChI=1S/C18H18ClN5O4/c19-16-15(11-20-23(18(16)26)12-4-2-1-3-5-12)21-6-8-22(9-7-21)17(25)13-10-14(13)24(27)28/h1-5,11,13-14H,6-10H2/t13-,14-/m0/s1. The molecule has 0 bridgehead atoms. The van der Waals surface area contributed by atoms with E-state index in [2.05, 4.69) is 5.10 Å². The van der Waals surface area contributed by atoms with E-state index < -0.39 is 17.5 Å². The first-order valence-corrected chi connectivity index (χ1v) is 9.35. The number of halogens is 1. The molecule has 2 aliphatic rings. The smallest absolute Gasteiger partial charge is 0.292 e. The van der Waals surface area contributed by atoms with Gasteiger partial charge in [-0.15, -0.1) is 0 Å². The Morgan fingerprint density at radius 1 is 1.18 bits per heavy atom. The number of aromatic nitrogens is 2. The minimum Gasteiger partial charge on any atom is -0.365 e. The first-order chi connectivity index (χ1) is 13.5. The third-order valence-electron chi connectivity index (χ3n) is 5.18. The Hall–Kier alpha value is -2.94. The van der Waals surface area contributed by atoms with Crippen molar-refractivity contribution >= 4 is 23.2 Å². The van der Waals surface area contributed by atoms with Gasteiger partial charge in [-0.1, -0.05) is 29.8 Å². The summed E-state index contributed by atoms with van der Waals surface area (Å²) in [5, 5.41) is 15.1. The van der Waals surface area contributed by atoms with Crippen LogP contribution in [0.3, 0.4) is 0 Å². The fourth-order valence-electron chi connectivity index (χ4n) is 3.48. The Morgan fingerprint density at radius 2 is 1.86 bits per heavy atom. The zero-order valence-corrected chi connectivity index (χ0v) is 15.7. The topological polar surface area (TPSA) is 102 Å². The average molecular weight is 404 g/mol. The lowest BCUT2D eigenvalue weighted by molar-refractivity contribution is -0.497. The van der Waals surface area contributed by atoms with Crippen LogP contribution in [0.4, 0.5) is 5.69 Å². The zero-order valence-electron chi connectivity index (χ0n) is 14.9. The second kappa shape index (κ2) is 7.23. The van der Waals surface area contributed by atoms with Gasteiger partial charge in [-0.3, -0.25) is 19.7 Å². The normalized spacial score (nSPS) is 21.5. The van der Waals surface area contributed by atoms with Crippen molar-refractivity contribution < 1.29 is 9.72 Å². The molecule has 1 aromatic carbocycles. The van der Waals surface area contributed by atoms with Crippen LogP contribution in [0.2, 0.25) is 5.02 Å². The Bertz CT molecular complexity index is 972. The molecule has 2 atom stereocenters. The second-order valence-corrected chi connectivity index (χ2v) is 7.28. The Labute approximate surface area is 165 Å². The number of anilines is 1. The summed E-state index contributed by atoms with van der Waals surface area (Å²) >= 11 is 6.32. The SMILES string of the molecule is O=C([C@H]1C[C@@H]1[N+](=O)[O-])N1CCN(c2cnn(-c3ccccc3)c(=O)c2Cl)CC1. The van der Waals surface area contributed by atoms with Crippen LogP contribution in [0, 0.1) is 16.0 Å². The van der Waals surface area contributed by atoms with Crippen LogP contribution < -0.4 is 10.5 Å². The number of hydrogen-bond donors (Lipinski definition) is 0. The Balaban J connectivity index is 1.45. The van der Waals surface area contributed by atoms with Gasteiger partial charge in [-0.2, -0.15) is 9.78 Å². The molecule has 1 saturated heterocycles. The largest absolute Gasteiger partial charge is 0.365 e. The lowest BCUT2D eigenvalue weighted by atomic mass is 10.2. The predicted octanol–water partition coefficient (Wildman–Crippen LogP) is 1.20. The molecule has 2 fully saturated rings. The van der Waals surface area contributed by atoms with Crippen molar-refractivity contribution in [3.05, 3.63) is 62.0 Å². The predicted molar refractivity (Wildman–Crippen MR) is 103 cm³/mol. The van der Waals surface area contributed by atoms with E-state index in [1.807, 2.05) is 23.1 Å². The van der Waals surface area contributed by atoms with Crippen molar-refractivity contribution in [1.29, 1.82) is 0 Å². The number of hydrogen-bond acceptors (Lipinski definition) is 6. The summed E-state index contributed by atoms with van der Waals surface area (Å²) in [6.07, 6.45) is 1.87. The van der Waals surface area contributed by atoms with Crippen LogP contribution in [0.1, 0.15) is 6.42 Å². The number of nitro groups is 1. The highest BCUT2D eigenvalue weighted by Crippen LogP contribution is 2.35. The van der Waals surface area contributed by atoms with Gasteiger partial charge in [0, 0.05) is 37.5 Å². The molecule has 4 rings (SSSR count). The molecule has 28 heavy (non-hydrogen) atoms. The number of piperazine rings is 1. The second-order valence-electron chi connectivity index (χ2n) is 6.90. The maximum absolute atomic E-state index is 12.6. The lowest BCUT2D eigenvalue weighted by Gasteiger charge is -2.36. The summed E-state index contributed by atoms with van der Waals surface area (Å²) in [4.78, 5) is 38.9. The summed E-state index contributed by atoms with van der Waals surface area (Å²) < 4.78 is 1.25. The minimum absolute atomic E-state index is 0.0780. The van der Waals surface area contributed by atoms with E-state index in [-0.39, 0.29) is 15.9 Å². The van der Waals surface area contributed by atoms with Crippen molar-refractivity contribution in [3.63, 3.8) is 0 Å². The molecule has 10 heteroatoms. The molecule has 0 unspecified atom stereocenters. The quantitative estimate of drug-likeness (QED) is 0.561. The monoisotopic (exact) mass is 403 g/mol. The van der Waals surface area contributed by atoms with E-state index in [4.69, 9.17) is 11.6 Å². The molecule has 0 radical (unpaired) electrons. The van der Waals surface area contributed by atoms with Gasteiger partial charge in [0.1, 0.15) is 10.9 Å². The molecule has 1 amide bonds. The molecular formula is C18H18ClN5O4. The summed E-state index contributed by atoms with van der Waals surface area (Å²) in [6, 6.07) is 8.27. The van der Waals surface area contributed by atoms with Gasteiger partial charge in [-0.05, 0) is 12.1 Å². The van der Waals surface area contributed by atoms with Gasteiger partial charge in [-0.25, -0.2) is 0 Å². The first-order valence-electron chi connectivity index (χ1n) is 8.98. The maximum Gasteiger partial charge on any atom is 0.292 e. The molecule has 1 aliphatic carbocycles. The van der Waals surface area contributed by atoms with Gasteiger partial charge in [0.25, 0.3) is 5.56 Å². The average Bonchev–Trinajstić information content (AvgIpc) is 3.52. The molecule has 2 aromatic rings. The van der Waals surface area contributed by atoms with Gasteiger partial charge in [0.05, 0.1) is 17.6 Å². The Kier molecular flexibility index (Phi) is 4.76. The van der Waals surface area contributed by atoms with E-state index in [1.54, 1.807) is 23.2 Å². The van der Waals surface area contributed by atoms with Crippen LogP contribution >= 0.6 is 11.6 Å². The Morgan fingerprint density at radius 3 is 2.46 bits per heavy atom. The van der Waals surface area contributed by atoms with E-state index in [1.165, 1.54) is 4.68 Å². The van der Waals surface area contributed by atoms with E-state index >= 15 is 0 Å². The molecule has 0 N–H and O–H groups in total.